The van der Waals surface area contributed by atoms with E-state index < -0.39 is 0 Å². The van der Waals surface area contributed by atoms with Crippen LogP contribution < -0.4 is 18.9 Å². The Morgan fingerprint density at radius 3 is 2.38 bits per heavy atom. The fourth-order valence-corrected chi connectivity index (χ4v) is 1.08. The number of rotatable bonds is 1. The SMILES string of the molecule is Fc1[c-]c(-n2cccc2)ccc1.[Li+]. The van der Waals surface area contributed by atoms with Gasteiger partial charge in [-0.3, -0.25) is 0 Å². The molecule has 0 aliphatic carbocycles. The molecule has 0 aliphatic rings. The minimum atomic E-state index is -0.332. The number of nitrogens with zero attached hydrogens (tertiary/aromatic N) is 1. The topological polar surface area (TPSA) is 4.93 Å². The summed E-state index contributed by atoms with van der Waals surface area (Å²) in [5.41, 5.74) is 0.722. The largest absolute Gasteiger partial charge is 1.00 e. The first-order valence-electron chi connectivity index (χ1n) is 3.67. The molecule has 0 amide bonds. The van der Waals surface area contributed by atoms with Crippen LogP contribution in [0.3, 0.4) is 0 Å². The van der Waals surface area contributed by atoms with Gasteiger partial charge in [-0.05, 0) is 12.1 Å². The van der Waals surface area contributed by atoms with Crippen molar-refractivity contribution in [3.63, 3.8) is 0 Å². The van der Waals surface area contributed by atoms with Gasteiger partial charge in [-0.15, -0.1) is 18.2 Å². The van der Waals surface area contributed by atoms with Crippen molar-refractivity contribution < 1.29 is 23.3 Å². The van der Waals surface area contributed by atoms with E-state index in [4.69, 9.17) is 0 Å². The summed E-state index contributed by atoms with van der Waals surface area (Å²) in [5.74, 6) is -0.332. The van der Waals surface area contributed by atoms with E-state index in [-0.39, 0.29) is 24.7 Å². The standard InChI is InChI=1S/C10H7FN.Li/c11-9-4-3-5-10(8-9)12-6-1-2-7-12;/h1-7H;/q-1;+1. The number of aromatic nitrogens is 1. The monoisotopic (exact) mass is 167 g/mol. The number of hydrogen-bond acceptors (Lipinski definition) is 0. The zero-order valence-electron chi connectivity index (χ0n) is 7.37. The molecule has 0 aliphatic heterocycles. The molecule has 0 N–H and O–H groups in total. The molecule has 0 saturated carbocycles. The van der Waals surface area contributed by atoms with E-state index in [9.17, 15) is 4.39 Å². The molecule has 2 rings (SSSR count). The van der Waals surface area contributed by atoms with Crippen molar-refractivity contribution in [1.82, 2.24) is 4.57 Å². The van der Waals surface area contributed by atoms with E-state index in [1.165, 1.54) is 6.07 Å². The maximum Gasteiger partial charge on any atom is 1.00 e. The normalized spacial score (nSPS) is 9.31. The van der Waals surface area contributed by atoms with Gasteiger partial charge in [0.2, 0.25) is 0 Å². The first kappa shape index (κ1) is 10.1. The molecule has 1 heterocycles. The van der Waals surface area contributed by atoms with Gasteiger partial charge in [0.05, 0.1) is 0 Å². The summed E-state index contributed by atoms with van der Waals surface area (Å²) in [7, 11) is 0. The van der Waals surface area contributed by atoms with Crippen LogP contribution in [0, 0.1) is 11.9 Å². The van der Waals surface area contributed by atoms with Crippen molar-refractivity contribution in [2.24, 2.45) is 0 Å². The fourth-order valence-electron chi connectivity index (χ4n) is 1.08. The first-order valence-corrected chi connectivity index (χ1v) is 3.67. The smallest absolute Gasteiger partial charge is 0.348 e. The van der Waals surface area contributed by atoms with E-state index in [0.29, 0.717) is 0 Å². The van der Waals surface area contributed by atoms with Gasteiger partial charge in [0.15, 0.2) is 0 Å². The van der Waals surface area contributed by atoms with Gasteiger partial charge in [0, 0.05) is 18.2 Å². The predicted octanol–water partition coefficient (Wildman–Crippen LogP) is -0.579. The average Bonchev–Trinajstić information content (AvgIpc) is 2.56. The van der Waals surface area contributed by atoms with Gasteiger partial charge < -0.3 is 4.57 Å². The van der Waals surface area contributed by atoms with Crippen LogP contribution in [0.15, 0.2) is 42.7 Å². The molecule has 13 heavy (non-hydrogen) atoms. The summed E-state index contributed by atoms with van der Waals surface area (Å²) in [6, 6.07) is 11.2. The molecule has 0 saturated heterocycles. The third-order valence-corrected chi connectivity index (χ3v) is 1.63. The van der Waals surface area contributed by atoms with Crippen molar-refractivity contribution in [1.29, 1.82) is 0 Å². The van der Waals surface area contributed by atoms with E-state index in [0.717, 1.165) is 5.69 Å². The molecule has 60 valence electrons. The van der Waals surface area contributed by atoms with Gasteiger partial charge in [0.1, 0.15) is 0 Å². The molecule has 2 aromatic rings. The molecule has 1 aromatic heterocycles. The van der Waals surface area contributed by atoms with Crippen LogP contribution in [0.25, 0.3) is 5.69 Å². The zero-order valence-corrected chi connectivity index (χ0v) is 7.37. The van der Waals surface area contributed by atoms with Gasteiger partial charge in [0.25, 0.3) is 0 Å². The summed E-state index contributed by atoms with van der Waals surface area (Å²) in [6.45, 7) is 0. The summed E-state index contributed by atoms with van der Waals surface area (Å²) >= 11 is 0. The van der Waals surface area contributed by atoms with E-state index in [1.807, 2.05) is 35.2 Å². The molecule has 0 unspecified atom stereocenters. The molecule has 1 aromatic carbocycles. The Morgan fingerprint density at radius 1 is 1.08 bits per heavy atom. The molecular weight excluding hydrogens is 160 g/mol. The molecule has 0 spiro atoms. The Morgan fingerprint density at radius 2 is 1.77 bits per heavy atom. The Labute approximate surface area is 88.4 Å². The predicted molar refractivity (Wildman–Crippen MR) is 44.6 cm³/mol. The fraction of sp³-hybridized carbons (Fsp3) is 0. The van der Waals surface area contributed by atoms with Gasteiger partial charge >= 0.3 is 18.9 Å². The summed E-state index contributed by atoms with van der Waals surface area (Å²) < 4.78 is 14.5. The second-order valence-corrected chi connectivity index (χ2v) is 2.47. The van der Waals surface area contributed by atoms with E-state index in [1.54, 1.807) is 6.07 Å². The minimum absolute atomic E-state index is 0. The van der Waals surface area contributed by atoms with Crippen LogP contribution >= 0.6 is 0 Å². The third-order valence-electron chi connectivity index (χ3n) is 1.63. The van der Waals surface area contributed by atoms with Gasteiger partial charge in [-0.25, -0.2) is 4.39 Å². The van der Waals surface area contributed by atoms with Crippen LogP contribution in [0.1, 0.15) is 0 Å². The van der Waals surface area contributed by atoms with Crippen molar-refractivity contribution in [2.45, 2.75) is 0 Å². The number of benzene rings is 1. The van der Waals surface area contributed by atoms with Crippen LogP contribution in [0.5, 0.6) is 0 Å². The van der Waals surface area contributed by atoms with Crippen LogP contribution in [0.2, 0.25) is 0 Å². The van der Waals surface area contributed by atoms with Gasteiger partial charge in [-0.2, -0.15) is 6.07 Å². The molecule has 0 radical (unpaired) electrons. The second-order valence-electron chi connectivity index (χ2n) is 2.47. The van der Waals surface area contributed by atoms with Crippen LogP contribution in [-0.4, -0.2) is 4.57 Å². The first-order chi connectivity index (χ1) is 5.86. The van der Waals surface area contributed by atoms with Crippen molar-refractivity contribution >= 4 is 0 Å². The van der Waals surface area contributed by atoms with E-state index >= 15 is 0 Å². The summed E-state index contributed by atoms with van der Waals surface area (Å²) in [5, 5.41) is 0. The third kappa shape index (κ3) is 2.24. The number of halogens is 1. The second kappa shape index (κ2) is 4.32. The molecule has 3 heteroatoms. The molecule has 0 fully saturated rings. The quantitative estimate of drug-likeness (QED) is 0.395. The van der Waals surface area contributed by atoms with Crippen LogP contribution in [-0.2, 0) is 0 Å². The Hall–Kier alpha value is -0.973. The molecular formula is C10H7FLiN. The molecule has 0 bridgehead atoms. The number of hydrogen-bond donors (Lipinski definition) is 0. The van der Waals surface area contributed by atoms with E-state index in [2.05, 4.69) is 6.07 Å². The van der Waals surface area contributed by atoms with Crippen molar-refractivity contribution in [3.05, 3.63) is 54.6 Å². The molecule has 0 atom stereocenters. The Kier molecular flexibility index (Phi) is 3.36. The average molecular weight is 167 g/mol. The molecule has 1 nitrogen and oxygen atoms in total. The minimum Gasteiger partial charge on any atom is -0.348 e. The maximum atomic E-state index is 12.7. The van der Waals surface area contributed by atoms with Crippen molar-refractivity contribution in [2.75, 3.05) is 0 Å². The van der Waals surface area contributed by atoms with Crippen LogP contribution in [0.4, 0.5) is 4.39 Å². The maximum absolute atomic E-state index is 12.7. The van der Waals surface area contributed by atoms with Crippen molar-refractivity contribution in [3.8, 4) is 5.69 Å². The Bertz CT molecular complexity index is 370. The summed E-state index contributed by atoms with van der Waals surface area (Å²) in [4.78, 5) is 0. The van der Waals surface area contributed by atoms with Gasteiger partial charge in [-0.1, -0.05) is 5.69 Å². The zero-order chi connectivity index (χ0) is 8.39. The summed E-state index contributed by atoms with van der Waals surface area (Å²) in [6.07, 6.45) is 3.70. The Balaban J connectivity index is 0.000000845.